The Balaban J connectivity index is 0.000000392. The molecule has 0 saturated heterocycles. The van der Waals surface area contributed by atoms with Crippen LogP contribution in [0.5, 0.6) is 0 Å². The monoisotopic (exact) mass is 651 g/mol. The van der Waals surface area contributed by atoms with Crippen molar-refractivity contribution in [2.75, 3.05) is 25.5 Å². The zero-order valence-electron chi connectivity index (χ0n) is 26.3. The number of hydrogen-bond donors (Lipinski definition) is 8. The van der Waals surface area contributed by atoms with E-state index in [2.05, 4.69) is 15.8 Å². The number of rotatable bonds is 13. The summed E-state index contributed by atoms with van der Waals surface area (Å²) in [6, 6.07) is 24.5. The molecule has 8 N–H and O–H groups in total. The number of carbonyl (C=O) groups excluding carboxylic acids is 1. The second-order valence-electron chi connectivity index (χ2n) is 10.8. The van der Waals surface area contributed by atoms with Crippen molar-refractivity contribution in [2.24, 2.45) is 0 Å². The molecule has 13 nitrogen and oxygen atoms in total. The number of benzene rings is 3. The van der Waals surface area contributed by atoms with Crippen LogP contribution in [0.2, 0.25) is 0 Å². The topological polar surface area (TPSA) is 215 Å². The fourth-order valence-corrected chi connectivity index (χ4v) is 4.49. The lowest BCUT2D eigenvalue weighted by molar-refractivity contribution is -0.136. The summed E-state index contributed by atoms with van der Waals surface area (Å²) in [4.78, 5) is 23.4. The third kappa shape index (κ3) is 10.7. The van der Waals surface area contributed by atoms with Crippen LogP contribution in [-0.2, 0) is 16.0 Å². The maximum atomic E-state index is 12.5. The summed E-state index contributed by atoms with van der Waals surface area (Å²) in [5.41, 5.74) is 5.31. The van der Waals surface area contributed by atoms with Gasteiger partial charge in [0.05, 0.1) is 19.1 Å². The molecule has 1 heterocycles. The Morgan fingerprint density at radius 2 is 1.40 bits per heavy atom. The fourth-order valence-electron chi connectivity index (χ4n) is 4.49. The molecular formula is C34H41N3O10. The van der Waals surface area contributed by atoms with E-state index in [1.807, 2.05) is 73.7 Å². The number of ether oxygens (including phenoxy) is 1. The second-order valence-corrected chi connectivity index (χ2v) is 10.8. The van der Waals surface area contributed by atoms with Gasteiger partial charge in [-0.2, -0.15) is 0 Å². The molecule has 0 bridgehead atoms. The quantitative estimate of drug-likeness (QED) is 0.105. The van der Waals surface area contributed by atoms with Gasteiger partial charge in [0.15, 0.2) is 5.76 Å². The van der Waals surface area contributed by atoms with Crippen molar-refractivity contribution in [3.8, 4) is 22.5 Å². The molecule has 13 heteroatoms. The van der Waals surface area contributed by atoms with Gasteiger partial charge in [0.1, 0.15) is 35.8 Å². The fraction of sp³-hybridized carbons (Fsp3) is 0.324. The minimum atomic E-state index is -1.55. The lowest BCUT2D eigenvalue weighted by atomic mass is 10.0. The highest BCUT2D eigenvalue weighted by atomic mass is 16.6. The Bertz CT molecular complexity index is 1540. The van der Waals surface area contributed by atoms with Crippen molar-refractivity contribution >= 4 is 17.7 Å². The van der Waals surface area contributed by atoms with Gasteiger partial charge in [-0.25, -0.2) is 4.79 Å². The largest absolute Gasteiger partial charge is 0.481 e. The van der Waals surface area contributed by atoms with E-state index in [-0.39, 0.29) is 13.0 Å². The zero-order chi connectivity index (χ0) is 34.5. The van der Waals surface area contributed by atoms with Crippen LogP contribution >= 0.6 is 0 Å². The average molecular weight is 652 g/mol. The van der Waals surface area contributed by atoms with Crippen molar-refractivity contribution in [2.45, 2.75) is 50.8 Å². The second kappa shape index (κ2) is 17.9. The molecule has 0 saturated carbocycles. The molecule has 4 aromatic rings. The number of carboxylic acid groups (broad SMARTS) is 1. The van der Waals surface area contributed by atoms with Gasteiger partial charge < -0.3 is 45.2 Å². The first-order valence-electron chi connectivity index (χ1n) is 14.8. The normalized spacial score (nSPS) is 14.1. The Morgan fingerprint density at radius 3 is 1.96 bits per heavy atom. The predicted molar refractivity (Wildman–Crippen MR) is 173 cm³/mol. The number of hydrogen-bond acceptors (Lipinski definition) is 11. The summed E-state index contributed by atoms with van der Waals surface area (Å²) >= 11 is 0. The van der Waals surface area contributed by atoms with Crippen molar-refractivity contribution in [3.05, 3.63) is 95.7 Å². The Morgan fingerprint density at radius 1 is 0.851 bits per heavy atom. The Kier molecular flexibility index (Phi) is 14.0. The molecule has 1 amide bonds. The molecule has 3 aromatic carbocycles. The van der Waals surface area contributed by atoms with Crippen molar-refractivity contribution in [1.82, 2.24) is 10.5 Å². The van der Waals surface area contributed by atoms with Gasteiger partial charge in [-0.3, -0.25) is 10.1 Å². The number of aliphatic hydroxyl groups is 5. The highest BCUT2D eigenvalue weighted by molar-refractivity contribution is 5.91. The maximum Gasteiger partial charge on any atom is 0.412 e. The lowest BCUT2D eigenvalue weighted by Crippen LogP contribution is -2.48. The van der Waals surface area contributed by atoms with Crippen LogP contribution in [0.1, 0.15) is 29.8 Å². The van der Waals surface area contributed by atoms with Crippen LogP contribution in [0.15, 0.2) is 83.4 Å². The van der Waals surface area contributed by atoms with E-state index < -0.39 is 49.2 Å². The summed E-state index contributed by atoms with van der Waals surface area (Å²) in [5.74, 6) is -0.424. The third-order valence-electron chi connectivity index (χ3n) is 7.17. The van der Waals surface area contributed by atoms with Crippen LogP contribution in [0.3, 0.4) is 0 Å². The molecule has 0 aliphatic carbocycles. The molecule has 0 aliphatic heterocycles. The van der Waals surface area contributed by atoms with E-state index >= 15 is 0 Å². The summed E-state index contributed by atoms with van der Waals surface area (Å²) in [5, 5.41) is 63.2. The number of nitrogens with zero attached hydrogens (tertiary/aromatic N) is 1. The van der Waals surface area contributed by atoms with Crippen LogP contribution < -0.4 is 10.6 Å². The number of aliphatic hydroxyl groups excluding tert-OH is 5. The zero-order valence-corrected chi connectivity index (χ0v) is 26.3. The number of carbonyl (C=O) groups is 2. The van der Waals surface area contributed by atoms with Crippen molar-refractivity contribution in [3.63, 3.8) is 0 Å². The van der Waals surface area contributed by atoms with Crippen LogP contribution in [0.25, 0.3) is 22.5 Å². The van der Waals surface area contributed by atoms with Gasteiger partial charge in [0.25, 0.3) is 0 Å². The molecule has 0 unspecified atom stereocenters. The Hall–Kier alpha value is -4.63. The minimum Gasteiger partial charge on any atom is -0.481 e. The number of nitrogens with one attached hydrogen (secondary N) is 2. The highest BCUT2D eigenvalue weighted by Crippen LogP contribution is 2.33. The molecule has 0 aliphatic rings. The number of aromatic nitrogens is 1. The molecular weight excluding hydrogens is 610 g/mol. The van der Waals surface area contributed by atoms with E-state index in [0.29, 0.717) is 17.1 Å². The lowest BCUT2D eigenvalue weighted by Gasteiger charge is -2.25. The molecule has 4 rings (SSSR count). The standard InChI is InChI=1S/C27H24N2O5.C7H17NO5/c1-17-25(28-27(32)33-18(2)20-6-4-3-5-7-20)26(34-29-17)23-14-12-22(13-15-23)21-10-8-19(9-11-21)16-24(30)31;1-8-2-4(10)6(12)7(13)5(11)3-9/h3-15,18H,16H2,1-2H3,(H,28,32)(H,30,31);4-13H,2-3H2,1H3/t18-;4-,5+,6+,7+/m10/s1. The maximum absolute atomic E-state index is 12.5. The number of anilines is 1. The number of carboxylic acids is 1. The van der Waals surface area contributed by atoms with Crippen LogP contribution in [0, 0.1) is 6.92 Å². The SMILES string of the molecule is CNC[C@H](O)[C@@H](O)[C@H](O)[C@H](O)CO.Cc1noc(-c2ccc(-c3ccc(CC(=O)O)cc3)cc2)c1NC(=O)O[C@H](C)c1ccccc1. The predicted octanol–water partition coefficient (Wildman–Crippen LogP) is 2.90. The molecule has 0 fully saturated rings. The minimum absolute atomic E-state index is 0.00754. The molecule has 1 aromatic heterocycles. The van der Waals surface area contributed by atoms with E-state index in [9.17, 15) is 14.7 Å². The van der Waals surface area contributed by atoms with Gasteiger partial charge in [0.2, 0.25) is 0 Å². The van der Waals surface area contributed by atoms with E-state index in [4.69, 9.17) is 34.8 Å². The average Bonchev–Trinajstić information content (AvgIpc) is 3.43. The van der Waals surface area contributed by atoms with Crippen molar-refractivity contribution < 1.29 is 49.5 Å². The van der Waals surface area contributed by atoms with Gasteiger partial charge in [-0.15, -0.1) is 0 Å². The summed E-state index contributed by atoms with van der Waals surface area (Å²) < 4.78 is 11.0. The summed E-state index contributed by atoms with van der Waals surface area (Å²) in [7, 11) is 1.57. The van der Waals surface area contributed by atoms with E-state index in [1.165, 1.54) is 0 Å². The molecule has 5 atom stereocenters. The summed E-state index contributed by atoms with van der Waals surface area (Å²) in [6.45, 7) is 2.99. The smallest absolute Gasteiger partial charge is 0.412 e. The molecule has 0 radical (unpaired) electrons. The molecule has 0 spiro atoms. The first-order valence-corrected chi connectivity index (χ1v) is 14.8. The van der Waals surface area contributed by atoms with Crippen LogP contribution in [0.4, 0.5) is 10.5 Å². The van der Waals surface area contributed by atoms with Gasteiger partial charge in [-0.1, -0.05) is 84.0 Å². The number of aryl methyl sites for hydroxylation is 1. The Labute approximate surface area is 272 Å². The van der Waals surface area contributed by atoms with Gasteiger partial charge in [-0.05, 0) is 43.1 Å². The first kappa shape index (κ1) is 36.8. The van der Waals surface area contributed by atoms with Gasteiger partial charge in [0, 0.05) is 12.1 Å². The molecule has 47 heavy (non-hydrogen) atoms. The van der Waals surface area contributed by atoms with E-state index in [0.717, 1.165) is 27.8 Å². The van der Waals surface area contributed by atoms with Crippen molar-refractivity contribution in [1.29, 1.82) is 0 Å². The third-order valence-corrected chi connectivity index (χ3v) is 7.17. The number of aliphatic carboxylic acids is 1. The van der Waals surface area contributed by atoms with Gasteiger partial charge >= 0.3 is 12.1 Å². The molecule has 252 valence electrons. The summed E-state index contributed by atoms with van der Waals surface area (Å²) in [6.07, 6.45) is -6.66. The number of likely N-dealkylation sites (N-methyl/N-ethyl adjacent to an activating group) is 1. The highest BCUT2D eigenvalue weighted by Gasteiger charge is 2.29. The van der Waals surface area contributed by atoms with Crippen LogP contribution in [-0.4, -0.2) is 92.5 Å². The van der Waals surface area contributed by atoms with E-state index in [1.54, 1.807) is 26.1 Å². The number of amides is 1. The first-order chi connectivity index (χ1) is 22.4.